The van der Waals surface area contributed by atoms with Crippen LogP contribution in [0.4, 0.5) is 5.69 Å². The van der Waals surface area contributed by atoms with E-state index in [0.29, 0.717) is 32.4 Å². The summed E-state index contributed by atoms with van der Waals surface area (Å²) < 4.78 is 20.6. The largest absolute Gasteiger partial charge is 0.457 e. The third kappa shape index (κ3) is 5.21. The van der Waals surface area contributed by atoms with Gasteiger partial charge in [0.05, 0.1) is 17.5 Å². The van der Waals surface area contributed by atoms with E-state index in [9.17, 15) is 4.79 Å². The number of ketones is 1. The summed E-state index contributed by atoms with van der Waals surface area (Å²) in [5.41, 5.74) is -2.47. The lowest BCUT2D eigenvalue weighted by Gasteiger charge is -2.63. The van der Waals surface area contributed by atoms with Crippen LogP contribution in [-0.2, 0) is 33.4 Å². The first-order valence-corrected chi connectivity index (χ1v) is 23.4. The molecule has 1 aromatic rings. The standard InChI is InChI=1S/C37H60N2O6Si2/c1-32(2,3)44-31(42)37(45-47(13,14)34(7,8)9)29-36(25-17-15-16-18-26(25)38(29)10)21-23-39-27(40)19-20-35(28(36)39,30(37)41)22-24-43-46(11,12)33(4,5)6/h15-18,28-29H,19-24H2,1-14H3/t28-,29+,35-,36+,37+/m0/s1. The van der Waals surface area contributed by atoms with Crippen molar-refractivity contribution in [2.45, 2.75) is 153 Å². The molecule has 1 spiro atoms. The average molecular weight is 685 g/mol. The maximum absolute atomic E-state index is 16.1. The van der Waals surface area contributed by atoms with Gasteiger partial charge in [-0.3, -0.25) is 9.59 Å². The Bertz CT molecular complexity index is 1460. The lowest BCUT2D eigenvalue weighted by Crippen LogP contribution is -2.82. The first-order valence-electron chi connectivity index (χ1n) is 17.5. The van der Waals surface area contributed by atoms with Gasteiger partial charge in [0.25, 0.3) is 0 Å². The summed E-state index contributed by atoms with van der Waals surface area (Å²) in [4.78, 5) is 49.3. The lowest BCUT2D eigenvalue weighted by molar-refractivity contribution is -0.198. The fourth-order valence-corrected chi connectivity index (χ4v) is 11.0. The number of hydrogen-bond donors (Lipinski definition) is 0. The van der Waals surface area contributed by atoms with Gasteiger partial charge in [-0.1, -0.05) is 59.7 Å². The van der Waals surface area contributed by atoms with E-state index in [1.54, 1.807) is 0 Å². The molecule has 0 aromatic heterocycles. The summed E-state index contributed by atoms with van der Waals surface area (Å²) in [7, 11) is -2.99. The highest BCUT2D eigenvalue weighted by molar-refractivity contribution is 6.74. The molecule has 2 saturated heterocycles. The number of Topliss-reactive ketones (excluding diaryl/α,β-unsaturated/α-hetero) is 1. The average Bonchev–Trinajstić information content (AvgIpc) is 3.44. The van der Waals surface area contributed by atoms with Crippen molar-refractivity contribution in [3.8, 4) is 0 Å². The molecule has 0 unspecified atom stereocenters. The van der Waals surface area contributed by atoms with Crippen LogP contribution in [0.15, 0.2) is 24.3 Å². The van der Waals surface area contributed by atoms with E-state index in [4.69, 9.17) is 13.6 Å². The Balaban J connectivity index is 1.83. The lowest BCUT2D eigenvalue weighted by atomic mass is 9.47. The number of esters is 1. The third-order valence-electron chi connectivity index (χ3n) is 12.8. The Morgan fingerprint density at radius 3 is 2.06 bits per heavy atom. The van der Waals surface area contributed by atoms with Crippen LogP contribution in [0.1, 0.15) is 93.6 Å². The minimum absolute atomic E-state index is 0.00565. The Morgan fingerprint density at radius 2 is 1.49 bits per heavy atom. The Hall–Kier alpha value is -2.02. The number of piperidine rings is 1. The molecule has 0 radical (unpaired) electrons. The summed E-state index contributed by atoms with van der Waals surface area (Å²) in [6.07, 6.45) is 1.67. The minimum atomic E-state index is -2.81. The van der Waals surface area contributed by atoms with E-state index >= 15 is 9.59 Å². The maximum Gasteiger partial charge on any atom is 0.348 e. The summed E-state index contributed by atoms with van der Waals surface area (Å²) in [5.74, 6) is -0.753. The van der Waals surface area contributed by atoms with Gasteiger partial charge in [-0.2, -0.15) is 0 Å². The van der Waals surface area contributed by atoms with Crippen molar-refractivity contribution in [3.63, 3.8) is 0 Å². The van der Waals surface area contributed by atoms with Gasteiger partial charge in [-0.25, -0.2) is 4.79 Å². The number of anilines is 1. The quantitative estimate of drug-likeness (QED) is 0.170. The topological polar surface area (TPSA) is 85.4 Å². The van der Waals surface area contributed by atoms with Crippen LogP contribution in [-0.4, -0.2) is 82.7 Å². The predicted molar refractivity (Wildman–Crippen MR) is 192 cm³/mol. The van der Waals surface area contributed by atoms with Crippen molar-refractivity contribution in [2.24, 2.45) is 5.41 Å². The number of carbonyl (C=O) groups excluding carboxylic acids is 3. The number of nitrogens with zero attached hydrogens (tertiary/aromatic N) is 2. The van der Waals surface area contributed by atoms with Gasteiger partial charge in [0, 0.05) is 37.7 Å². The maximum atomic E-state index is 16.1. The molecular formula is C37H60N2O6Si2. The molecule has 5 rings (SSSR count). The van der Waals surface area contributed by atoms with Crippen LogP contribution in [0.2, 0.25) is 36.3 Å². The molecule has 3 heterocycles. The summed E-state index contributed by atoms with van der Waals surface area (Å²) in [6, 6.07) is 7.18. The molecule has 10 heteroatoms. The highest BCUT2D eigenvalue weighted by atomic mass is 28.4. The molecule has 1 aliphatic carbocycles. The molecule has 4 aliphatic rings. The molecule has 1 saturated carbocycles. The van der Waals surface area contributed by atoms with E-state index in [1.165, 1.54) is 0 Å². The van der Waals surface area contributed by atoms with Gasteiger partial charge in [-0.05, 0) is 87.9 Å². The first kappa shape index (κ1) is 36.3. The molecule has 0 bridgehead atoms. The highest BCUT2D eigenvalue weighted by Crippen LogP contribution is 2.68. The molecule has 1 amide bonds. The van der Waals surface area contributed by atoms with Crippen LogP contribution in [0.25, 0.3) is 0 Å². The second kappa shape index (κ2) is 11.0. The molecule has 3 aliphatic heterocycles. The third-order valence-corrected chi connectivity index (χ3v) is 21.8. The fraction of sp³-hybridized carbons (Fsp3) is 0.757. The van der Waals surface area contributed by atoms with Gasteiger partial charge >= 0.3 is 5.97 Å². The number of carbonyl (C=O) groups is 3. The molecule has 8 nitrogen and oxygen atoms in total. The number of benzene rings is 1. The normalized spacial score (nSPS) is 31.1. The van der Waals surface area contributed by atoms with Crippen LogP contribution in [0.5, 0.6) is 0 Å². The number of fused-ring (bicyclic) bond motifs is 1. The minimum Gasteiger partial charge on any atom is -0.457 e. The number of likely N-dealkylation sites (N-methyl/N-ethyl adjacent to an activating group) is 1. The number of hydrogen-bond acceptors (Lipinski definition) is 7. The van der Waals surface area contributed by atoms with Crippen LogP contribution in [0, 0.1) is 5.41 Å². The van der Waals surface area contributed by atoms with Crippen LogP contribution in [0.3, 0.4) is 0 Å². The molecule has 47 heavy (non-hydrogen) atoms. The van der Waals surface area contributed by atoms with Gasteiger partial charge in [0.1, 0.15) is 5.60 Å². The molecule has 262 valence electrons. The zero-order valence-corrected chi connectivity index (χ0v) is 33.6. The van der Waals surface area contributed by atoms with Gasteiger partial charge in [0.2, 0.25) is 11.5 Å². The van der Waals surface area contributed by atoms with Crippen molar-refractivity contribution in [2.75, 3.05) is 25.1 Å². The highest BCUT2D eigenvalue weighted by Gasteiger charge is 2.82. The summed E-state index contributed by atoms with van der Waals surface area (Å²) in [6.45, 7) is 28.2. The van der Waals surface area contributed by atoms with E-state index in [-0.39, 0.29) is 28.2 Å². The Labute approximate surface area is 285 Å². The van der Waals surface area contributed by atoms with Crippen molar-refractivity contribution in [3.05, 3.63) is 29.8 Å². The Kier molecular flexibility index (Phi) is 8.48. The Morgan fingerprint density at radius 1 is 0.894 bits per heavy atom. The van der Waals surface area contributed by atoms with Crippen molar-refractivity contribution in [1.29, 1.82) is 0 Å². The number of ether oxygens (including phenoxy) is 1. The van der Waals surface area contributed by atoms with Crippen molar-refractivity contribution >= 4 is 40.0 Å². The monoisotopic (exact) mass is 684 g/mol. The number of rotatable bonds is 7. The zero-order chi connectivity index (χ0) is 35.4. The van der Waals surface area contributed by atoms with Crippen LogP contribution < -0.4 is 4.90 Å². The van der Waals surface area contributed by atoms with Gasteiger partial charge in [-0.15, -0.1) is 0 Å². The molecule has 1 aromatic carbocycles. The van der Waals surface area contributed by atoms with Gasteiger partial charge < -0.3 is 23.4 Å². The smallest absolute Gasteiger partial charge is 0.348 e. The second-order valence-corrected chi connectivity index (χ2v) is 28.3. The van der Waals surface area contributed by atoms with E-state index in [2.05, 4.69) is 84.8 Å². The number of amides is 1. The van der Waals surface area contributed by atoms with Crippen LogP contribution >= 0.6 is 0 Å². The zero-order valence-electron chi connectivity index (χ0n) is 31.6. The molecule has 0 N–H and O–H groups in total. The second-order valence-electron chi connectivity index (χ2n) is 18.8. The molecule has 5 atom stereocenters. The SMILES string of the molecule is CN1c2ccccc2[C@@]23CCN4C(=O)CC[C@@](CCO[Si](C)(C)C(C)(C)C)(C(=O)[C@@](O[Si](C)(C)C(C)(C)C)(C(=O)OC(C)(C)C)[C@H]12)[C@H]43. The molecular weight excluding hydrogens is 625 g/mol. The van der Waals surface area contributed by atoms with E-state index in [1.807, 2.05) is 44.9 Å². The summed E-state index contributed by atoms with van der Waals surface area (Å²) >= 11 is 0. The van der Waals surface area contributed by atoms with E-state index < -0.39 is 56.7 Å². The predicted octanol–water partition coefficient (Wildman–Crippen LogP) is 7.22. The molecule has 3 fully saturated rings. The summed E-state index contributed by atoms with van der Waals surface area (Å²) in [5, 5.41) is -0.298. The first-order chi connectivity index (χ1) is 21.3. The van der Waals surface area contributed by atoms with Gasteiger partial charge in [0.15, 0.2) is 22.4 Å². The van der Waals surface area contributed by atoms with Crippen molar-refractivity contribution < 1.29 is 28.0 Å². The van der Waals surface area contributed by atoms with Crippen molar-refractivity contribution in [1.82, 2.24) is 4.90 Å². The van der Waals surface area contributed by atoms with E-state index in [0.717, 1.165) is 11.3 Å². The number of para-hydroxylation sites is 1. The fourth-order valence-electron chi connectivity index (χ4n) is 8.60.